The Morgan fingerprint density at radius 1 is 0.963 bits per heavy atom. The van der Waals surface area contributed by atoms with Gasteiger partial charge in [0.15, 0.2) is 0 Å². The van der Waals surface area contributed by atoms with Gasteiger partial charge in [-0.05, 0) is 54.3 Å². The summed E-state index contributed by atoms with van der Waals surface area (Å²) >= 11 is 0. The number of rotatable bonds is 2. The number of aryl methyl sites for hydroxylation is 1. The molecule has 1 fully saturated rings. The van der Waals surface area contributed by atoms with Gasteiger partial charge in [-0.1, -0.05) is 12.1 Å². The van der Waals surface area contributed by atoms with Crippen molar-refractivity contribution in [3.63, 3.8) is 0 Å². The third-order valence-electron chi connectivity index (χ3n) is 5.97. The van der Waals surface area contributed by atoms with Crippen LogP contribution >= 0.6 is 0 Å². The molecule has 3 heterocycles. The Hall–Kier alpha value is -2.82. The highest BCUT2D eigenvalue weighted by Crippen LogP contribution is 2.38. The van der Waals surface area contributed by atoms with Crippen molar-refractivity contribution in [1.82, 2.24) is 4.90 Å². The smallest absolute Gasteiger partial charge is 0.253 e. The number of carbonyl (C=O) groups excluding carboxylic acids is 2. The van der Waals surface area contributed by atoms with Gasteiger partial charge in [0.25, 0.3) is 5.91 Å². The van der Waals surface area contributed by atoms with Gasteiger partial charge in [0.2, 0.25) is 5.91 Å². The van der Waals surface area contributed by atoms with Crippen molar-refractivity contribution in [2.75, 3.05) is 42.5 Å². The summed E-state index contributed by atoms with van der Waals surface area (Å²) in [4.78, 5) is 31.3. The van der Waals surface area contributed by atoms with E-state index in [1.165, 1.54) is 11.3 Å². The monoisotopic (exact) mass is 361 g/mol. The fourth-order valence-corrected chi connectivity index (χ4v) is 4.58. The van der Waals surface area contributed by atoms with Crippen LogP contribution in [0.5, 0.6) is 0 Å². The van der Waals surface area contributed by atoms with Gasteiger partial charge in [0, 0.05) is 44.0 Å². The molecule has 0 radical (unpaired) electrons. The van der Waals surface area contributed by atoms with Crippen molar-refractivity contribution in [1.29, 1.82) is 0 Å². The number of benzene rings is 2. The van der Waals surface area contributed by atoms with Crippen LogP contribution in [0.25, 0.3) is 0 Å². The lowest BCUT2D eigenvalue weighted by Gasteiger charge is -2.36. The molecule has 0 N–H and O–H groups in total. The van der Waals surface area contributed by atoms with Gasteiger partial charge in [-0.25, -0.2) is 0 Å². The number of hydrogen-bond acceptors (Lipinski definition) is 3. The van der Waals surface area contributed by atoms with E-state index in [2.05, 4.69) is 36.1 Å². The van der Waals surface area contributed by atoms with Gasteiger partial charge in [-0.15, -0.1) is 0 Å². The third-order valence-corrected chi connectivity index (χ3v) is 5.97. The minimum atomic E-state index is 0.0933. The summed E-state index contributed by atoms with van der Waals surface area (Å²) < 4.78 is 0. The first-order valence-electron chi connectivity index (χ1n) is 9.67. The number of anilines is 2. The van der Waals surface area contributed by atoms with Gasteiger partial charge in [0.1, 0.15) is 0 Å². The SMILES string of the molecule is Cc1cccc(N2CCN(C(=O)c3cc4c5c(c3)CC(=O)N5CC4)CC2)c1. The van der Waals surface area contributed by atoms with E-state index in [0.717, 1.165) is 61.5 Å². The van der Waals surface area contributed by atoms with E-state index >= 15 is 0 Å². The lowest BCUT2D eigenvalue weighted by molar-refractivity contribution is -0.117. The van der Waals surface area contributed by atoms with Crippen LogP contribution in [0, 0.1) is 6.92 Å². The molecule has 2 amide bonds. The molecule has 5 nitrogen and oxygen atoms in total. The van der Waals surface area contributed by atoms with E-state index in [1.807, 2.05) is 21.9 Å². The maximum atomic E-state index is 13.1. The van der Waals surface area contributed by atoms with E-state index in [-0.39, 0.29) is 11.8 Å². The predicted molar refractivity (Wildman–Crippen MR) is 105 cm³/mol. The van der Waals surface area contributed by atoms with Gasteiger partial charge < -0.3 is 14.7 Å². The second kappa shape index (κ2) is 6.12. The van der Waals surface area contributed by atoms with Crippen LogP contribution in [-0.4, -0.2) is 49.4 Å². The Morgan fingerprint density at radius 3 is 2.52 bits per heavy atom. The molecule has 0 aromatic heterocycles. The third kappa shape index (κ3) is 2.69. The fourth-order valence-electron chi connectivity index (χ4n) is 4.58. The molecule has 138 valence electrons. The van der Waals surface area contributed by atoms with Gasteiger partial charge in [-0.2, -0.15) is 0 Å². The molecule has 0 atom stereocenters. The van der Waals surface area contributed by atoms with Crippen LogP contribution in [0.1, 0.15) is 27.0 Å². The number of hydrogen-bond donors (Lipinski definition) is 0. The first kappa shape index (κ1) is 16.4. The standard InChI is InChI=1S/C22H23N3O2/c1-15-3-2-4-19(11-15)23-7-9-24(10-8-23)22(27)18-12-16-5-6-25-20(26)14-17(13-18)21(16)25/h2-4,11-13H,5-10,14H2,1H3. The molecule has 1 saturated heterocycles. The average Bonchev–Trinajstić information content (AvgIpc) is 3.25. The summed E-state index contributed by atoms with van der Waals surface area (Å²) in [6.07, 6.45) is 1.29. The maximum Gasteiger partial charge on any atom is 0.253 e. The van der Waals surface area contributed by atoms with Crippen molar-refractivity contribution in [2.45, 2.75) is 19.8 Å². The molecule has 0 spiro atoms. The molecule has 2 aromatic carbocycles. The Kier molecular flexibility index (Phi) is 3.71. The van der Waals surface area contributed by atoms with Crippen molar-refractivity contribution < 1.29 is 9.59 Å². The molecule has 0 saturated carbocycles. The zero-order valence-corrected chi connectivity index (χ0v) is 15.6. The van der Waals surface area contributed by atoms with Crippen LogP contribution in [0.4, 0.5) is 11.4 Å². The maximum absolute atomic E-state index is 13.1. The topological polar surface area (TPSA) is 43.9 Å². The van der Waals surface area contributed by atoms with E-state index in [9.17, 15) is 9.59 Å². The van der Waals surface area contributed by atoms with Crippen LogP contribution in [0.2, 0.25) is 0 Å². The molecule has 0 bridgehead atoms. The zero-order chi connectivity index (χ0) is 18.5. The molecule has 2 aromatic rings. The highest BCUT2D eigenvalue weighted by Gasteiger charge is 2.35. The Bertz CT molecular complexity index is 945. The molecule has 27 heavy (non-hydrogen) atoms. The largest absolute Gasteiger partial charge is 0.368 e. The summed E-state index contributed by atoms with van der Waals surface area (Å²) in [7, 11) is 0. The lowest BCUT2D eigenvalue weighted by Crippen LogP contribution is -2.48. The summed E-state index contributed by atoms with van der Waals surface area (Å²) in [5, 5.41) is 0. The van der Waals surface area contributed by atoms with Crippen LogP contribution in [-0.2, 0) is 17.6 Å². The quantitative estimate of drug-likeness (QED) is 0.825. The summed E-state index contributed by atoms with van der Waals surface area (Å²) in [5.74, 6) is 0.260. The van der Waals surface area contributed by atoms with E-state index < -0.39 is 0 Å². The highest BCUT2D eigenvalue weighted by molar-refractivity contribution is 6.05. The Morgan fingerprint density at radius 2 is 1.74 bits per heavy atom. The molecule has 3 aliphatic rings. The number of piperazine rings is 1. The molecule has 0 aliphatic carbocycles. The Balaban J connectivity index is 1.32. The number of amides is 2. The van der Waals surface area contributed by atoms with Crippen LogP contribution in [0.3, 0.4) is 0 Å². The highest BCUT2D eigenvalue weighted by atomic mass is 16.2. The Labute approximate surface area is 159 Å². The first-order valence-corrected chi connectivity index (χ1v) is 9.67. The second-order valence-electron chi connectivity index (χ2n) is 7.73. The van der Waals surface area contributed by atoms with Crippen molar-refractivity contribution in [3.8, 4) is 0 Å². The summed E-state index contributed by atoms with van der Waals surface area (Å²) in [5.41, 5.74) is 6.47. The first-order chi connectivity index (χ1) is 13.1. The lowest BCUT2D eigenvalue weighted by atomic mass is 10.0. The van der Waals surface area contributed by atoms with E-state index in [0.29, 0.717) is 6.42 Å². The van der Waals surface area contributed by atoms with Crippen molar-refractivity contribution in [2.24, 2.45) is 0 Å². The van der Waals surface area contributed by atoms with Gasteiger partial charge in [0.05, 0.1) is 12.1 Å². The van der Waals surface area contributed by atoms with Crippen LogP contribution in [0.15, 0.2) is 36.4 Å². The summed E-state index contributed by atoms with van der Waals surface area (Å²) in [6.45, 7) is 6.01. The zero-order valence-electron chi connectivity index (χ0n) is 15.6. The fraction of sp³-hybridized carbons (Fsp3) is 0.364. The predicted octanol–water partition coefficient (Wildman–Crippen LogP) is 2.40. The molecular weight excluding hydrogens is 338 g/mol. The molecule has 5 rings (SSSR count). The molecular formula is C22H23N3O2. The van der Waals surface area contributed by atoms with Crippen molar-refractivity contribution >= 4 is 23.2 Å². The number of carbonyl (C=O) groups is 2. The molecule has 3 aliphatic heterocycles. The average molecular weight is 361 g/mol. The van der Waals surface area contributed by atoms with Gasteiger partial charge >= 0.3 is 0 Å². The second-order valence-corrected chi connectivity index (χ2v) is 7.73. The minimum absolute atomic E-state index is 0.0933. The van der Waals surface area contributed by atoms with Gasteiger partial charge in [-0.3, -0.25) is 9.59 Å². The molecule has 5 heteroatoms. The van der Waals surface area contributed by atoms with E-state index in [4.69, 9.17) is 0 Å². The molecule has 0 unspecified atom stereocenters. The minimum Gasteiger partial charge on any atom is -0.368 e. The van der Waals surface area contributed by atoms with Crippen LogP contribution < -0.4 is 9.80 Å². The van der Waals surface area contributed by atoms with Crippen molar-refractivity contribution in [3.05, 3.63) is 58.7 Å². The summed E-state index contributed by atoms with van der Waals surface area (Å²) in [6, 6.07) is 12.5. The number of nitrogens with zero attached hydrogens (tertiary/aromatic N) is 3. The van der Waals surface area contributed by atoms with E-state index in [1.54, 1.807) is 0 Å². The normalized spacial score (nSPS) is 18.3.